The van der Waals surface area contributed by atoms with Gasteiger partial charge in [0.2, 0.25) is 8.32 Å². The van der Waals surface area contributed by atoms with Crippen molar-refractivity contribution < 1.29 is 4.43 Å². The van der Waals surface area contributed by atoms with Gasteiger partial charge in [0.05, 0.1) is 12.1 Å². The first-order valence-corrected chi connectivity index (χ1v) is 10.9. The third-order valence-corrected chi connectivity index (χ3v) is 10.9. The van der Waals surface area contributed by atoms with Gasteiger partial charge in [0.15, 0.2) is 0 Å². The maximum Gasteiger partial charge on any atom is 0.230 e. The summed E-state index contributed by atoms with van der Waals surface area (Å²) in [7, 11) is -1.99. The van der Waals surface area contributed by atoms with Crippen LogP contribution < -0.4 is 5.19 Å². The lowest BCUT2D eigenvalue weighted by Crippen LogP contribution is -2.57. The predicted octanol–water partition coefficient (Wildman–Crippen LogP) is 5.13. The topological polar surface area (TPSA) is 14.2 Å². The third kappa shape index (κ3) is 2.04. The summed E-state index contributed by atoms with van der Waals surface area (Å²) in [4.78, 5) is 0. The Kier molecular flexibility index (Phi) is 3.66. The molecule has 0 bridgehead atoms. The fraction of sp³-hybridized carbons (Fsp3) is 0.333. The van der Waals surface area contributed by atoms with Crippen molar-refractivity contribution in [1.82, 2.24) is 4.57 Å². The van der Waals surface area contributed by atoms with Crippen LogP contribution in [0.25, 0.3) is 16.6 Å². The molecule has 1 aliphatic rings. The van der Waals surface area contributed by atoms with E-state index in [1.54, 1.807) is 0 Å². The SMILES string of the molecule is CC(C)[Si]1(C(C)C)OCc2cn(-c3ccccc3)c3cccc1c23. The first-order valence-electron chi connectivity index (χ1n) is 8.88. The van der Waals surface area contributed by atoms with E-state index in [4.69, 9.17) is 4.43 Å². The van der Waals surface area contributed by atoms with Crippen LogP contribution in [-0.4, -0.2) is 12.9 Å². The van der Waals surface area contributed by atoms with Crippen molar-refractivity contribution in [3.05, 3.63) is 60.3 Å². The molecule has 0 aliphatic carbocycles. The maximum atomic E-state index is 6.68. The van der Waals surface area contributed by atoms with Gasteiger partial charge in [0.1, 0.15) is 0 Å². The number of benzene rings is 2. The van der Waals surface area contributed by atoms with Crippen molar-refractivity contribution in [1.29, 1.82) is 0 Å². The molecule has 0 spiro atoms. The highest BCUT2D eigenvalue weighted by Gasteiger charge is 2.47. The summed E-state index contributed by atoms with van der Waals surface area (Å²) < 4.78 is 9.00. The molecular formula is C21H25NOSi. The van der Waals surface area contributed by atoms with Gasteiger partial charge in [-0.15, -0.1) is 0 Å². The second-order valence-corrected chi connectivity index (χ2v) is 12.2. The summed E-state index contributed by atoms with van der Waals surface area (Å²) in [6.07, 6.45) is 2.27. The second-order valence-electron chi connectivity index (χ2n) is 7.45. The van der Waals surface area contributed by atoms with Gasteiger partial charge in [-0.25, -0.2) is 0 Å². The van der Waals surface area contributed by atoms with Crippen LogP contribution in [0.2, 0.25) is 11.1 Å². The fourth-order valence-corrected chi connectivity index (χ4v) is 9.33. The van der Waals surface area contributed by atoms with Crippen molar-refractivity contribution in [2.45, 2.75) is 45.4 Å². The summed E-state index contributed by atoms with van der Waals surface area (Å²) in [6.45, 7) is 10.1. The van der Waals surface area contributed by atoms with E-state index in [0.29, 0.717) is 11.1 Å². The van der Waals surface area contributed by atoms with Gasteiger partial charge in [-0.2, -0.15) is 0 Å². The predicted molar refractivity (Wildman–Crippen MR) is 104 cm³/mol. The smallest absolute Gasteiger partial charge is 0.230 e. The van der Waals surface area contributed by atoms with Crippen molar-refractivity contribution >= 4 is 24.4 Å². The van der Waals surface area contributed by atoms with Gasteiger partial charge < -0.3 is 8.99 Å². The largest absolute Gasteiger partial charge is 0.407 e. The molecule has 0 N–H and O–H groups in total. The zero-order valence-corrected chi connectivity index (χ0v) is 15.9. The lowest BCUT2D eigenvalue weighted by atomic mass is 10.2. The molecule has 3 aromatic rings. The van der Waals surface area contributed by atoms with E-state index in [2.05, 4.69) is 87.0 Å². The third-order valence-electron chi connectivity index (χ3n) is 5.55. The van der Waals surface area contributed by atoms with Crippen LogP contribution in [0.1, 0.15) is 33.3 Å². The van der Waals surface area contributed by atoms with Gasteiger partial charge in [-0.1, -0.05) is 58.0 Å². The first-order chi connectivity index (χ1) is 11.6. The summed E-state index contributed by atoms with van der Waals surface area (Å²) in [5.74, 6) is 0. The standard InChI is InChI=1S/C21H25NOSi/c1-15(2)24(16(3)4)20-12-8-11-19-21(20)17(14-23-24)13-22(19)18-9-6-5-7-10-18/h5-13,15-16H,14H2,1-4H3. The molecule has 1 aromatic heterocycles. The van der Waals surface area contributed by atoms with E-state index in [-0.39, 0.29) is 0 Å². The molecule has 0 saturated heterocycles. The van der Waals surface area contributed by atoms with Gasteiger partial charge in [-0.3, -0.25) is 0 Å². The molecular weight excluding hydrogens is 310 g/mol. The molecule has 2 heterocycles. The van der Waals surface area contributed by atoms with Crippen LogP contribution in [0.3, 0.4) is 0 Å². The monoisotopic (exact) mass is 335 g/mol. The minimum atomic E-state index is -1.99. The average molecular weight is 336 g/mol. The van der Waals surface area contributed by atoms with E-state index < -0.39 is 8.32 Å². The molecule has 0 radical (unpaired) electrons. The van der Waals surface area contributed by atoms with Crippen LogP contribution in [-0.2, 0) is 11.0 Å². The molecule has 24 heavy (non-hydrogen) atoms. The minimum absolute atomic E-state index is 0.566. The minimum Gasteiger partial charge on any atom is -0.407 e. The highest BCUT2D eigenvalue weighted by Crippen LogP contribution is 2.40. The Morgan fingerprint density at radius 3 is 2.29 bits per heavy atom. The molecule has 4 rings (SSSR count). The van der Waals surface area contributed by atoms with E-state index in [0.717, 1.165) is 6.61 Å². The van der Waals surface area contributed by atoms with Crippen molar-refractivity contribution in [2.75, 3.05) is 0 Å². The number of para-hydroxylation sites is 1. The van der Waals surface area contributed by atoms with Crippen LogP contribution >= 0.6 is 0 Å². The number of hydrogen-bond acceptors (Lipinski definition) is 1. The number of nitrogens with zero attached hydrogens (tertiary/aromatic N) is 1. The van der Waals surface area contributed by atoms with Crippen molar-refractivity contribution in [3.63, 3.8) is 0 Å². The quantitative estimate of drug-likeness (QED) is 0.605. The Balaban J connectivity index is 2.03. The lowest BCUT2D eigenvalue weighted by molar-refractivity contribution is 0.281. The molecule has 3 heteroatoms. The molecule has 0 amide bonds. The average Bonchev–Trinajstić information content (AvgIpc) is 2.96. The van der Waals surface area contributed by atoms with Crippen molar-refractivity contribution in [3.8, 4) is 5.69 Å². The zero-order valence-electron chi connectivity index (χ0n) is 14.9. The Labute approximate surface area is 145 Å². The van der Waals surface area contributed by atoms with E-state index in [1.807, 2.05) is 0 Å². The molecule has 0 fully saturated rings. The normalized spacial score (nSPS) is 16.2. The molecule has 2 aromatic carbocycles. The number of rotatable bonds is 3. The van der Waals surface area contributed by atoms with Gasteiger partial charge in [0.25, 0.3) is 0 Å². The van der Waals surface area contributed by atoms with Gasteiger partial charge >= 0.3 is 0 Å². The highest BCUT2D eigenvalue weighted by molar-refractivity contribution is 6.90. The summed E-state index contributed by atoms with van der Waals surface area (Å²) in [5, 5.41) is 2.93. The first kappa shape index (κ1) is 15.7. The van der Waals surface area contributed by atoms with E-state index in [1.165, 1.54) is 27.3 Å². The Bertz CT molecular complexity index is 871. The lowest BCUT2D eigenvalue weighted by Gasteiger charge is -2.42. The Morgan fingerprint density at radius 2 is 1.62 bits per heavy atom. The van der Waals surface area contributed by atoms with Gasteiger partial charge in [-0.05, 0) is 34.5 Å². The Morgan fingerprint density at radius 1 is 0.917 bits per heavy atom. The van der Waals surface area contributed by atoms with E-state index >= 15 is 0 Å². The molecule has 0 atom stereocenters. The van der Waals surface area contributed by atoms with Crippen LogP contribution in [0.15, 0.2) is 54.7 Å². The summed E-state index contributed by atoms with van der Waals surface area (Å²) in [5.41, 5.74) is 4.99. The number of aromatic nitrogens is 1. The summed E-state index contributed by atoms with van der Waals surface area (Å²) in [6, 6.07) is 17.4. The van der Waals surface area contributed by atoms with Crippen LogP contribution in [0.5, 0.6) is 0 Å². The highest BCUT2D eigenvalue weighted by atomic mass is 28.4. The van der Waals surface area contributed by atoms with Gasteiger partial charge in [0, 0.05) is 22.8 Å². The molecule has 2 nitrogen and oxygen atoms in total. The fourth-order valence-electron chi connectivity index (χ4n) is 4.50. The second kappa shape index (κ2) is 5.61. The Hall–Kier alpha value is -1.84. The number of hydrogen-bond donors (Lipinski definition) is 0. The molecule has 0 unspecified atom stereocenters. The van der Waals surface area contributed by atoms with Crippen molar-refractivity contribution in [2.24, 2.45) is 0 Å². The van der Waals surface area contributed by atoms with Crippen LogP contribution in [0, 0.1) is 0 Å². The molecule has 1 aliphatic heterocycles. The summed E-state index contributed by atoms with van der Waals surface area (Å²) >= 11 is 0. The van der Waals surface area contributed by atoms with E-state index in [9.17, 15) is 0 Å². The molecule has 124 valence electrons. The zero-order chi connectivity index (χ0) is 16.9. The van der Waals surface area contributed by atoms with Crippen LogP contribution in [0.4, 0.5) is 0 Å². The maximum absolute atomic E-state index is 6.68. The molecule has 0 saturated carbocycles.